The number of hydrogen-bond acceptors (Lipinski definition) is 6. The minimum atomic E-state index is -3.41. The largest absolute Gasteiger partial charge is 0.493 e. The van der Waals surface area contributed by atoms with Crippen LogP contribution in [0.2, 0.25) is 0 Å². The smallest absolute Gasteiger partial charge is 0.209 e. The number of Topliss-reactive ketones (excluding diaryl/α,β-unsaturated/α-hetero) is 1. The lowest BCUT2D eigenvalue weighted by Gasteiger charge is -2.27. The number of nitrogens with one attached hydrogen (secondary N) is 1. The molecule has 2 aromatic carbocycles. The molecule has 0 aliphatic heterocycles. The summed E-state index contributed by atoms with van der Waals surface area (Å²) in [6.07, 6.45) is 3.06. The van der Waals surface area contributed by atoms with E-state index in [0.29, 0.717) is 18.1 Å². The number of unbranched alkanes of at least 4 members (excludes halogenated alkanes) is 1. The Labute approximate surface area is 191 Å². The SMILES string of the molecule is CCCCOc1ccc(C(C)(C)c2ccc(OCC(=O)CNS(C)(=O)=O)cc2)cc1OC. The van der Waals surface area contributed by atoms with Gasteiger partial charge in [0.15, 0.2) is 17.3 Å². The van der Waals surface area contributed by atoms with Crippen LogP contribution in [0.3, 0.4) is 0 Å². The van der Waals surface area contributed by atoms with Gasteiger partial charge in [0.25, 0.3) is 0 Å². The normalized spacial score (nSPS) is 11.8. The molecule has 8 heteroatoms. The molecule has 32 heavy (non-hydrogen) atoms. The highest BCUT2D eigenvalue weighted by Crippen LogP contribution is 2.37. The van der Waals surface area contributed by atoms with Gasteiger partial charge in [0.2, 0.25) is 10.0 Å². The number of methoxy groups -OCH3 is 1. The highest BCUT2D eigenvalue weighted by atomic mass is 32.2. The summed E-state index contributed by atoms with van der Waals surface area (Å²) in [6.45, 7) is 6.53. The van der Waals surface area contributed by atoms with Crippen LogP contribution in [-0.4, -0.2) is 47.3 Å². The standard InChI is InChI=1S/C24H33NO6S/c1-6-7-14-30-22-13-10-19(15-23(22)29-4)24(2,3)18-8-11-21(12-9-18)31-17-20(26)16-25-32(5,27)28/h8-13,15,25H,6-7,14,16-17H2,1-5H3. The lowest BCUT2D eigenvalue weighted by molar-refractivity contribution is -0.119. The van der Waals surface area contributed by atoms with Gasteiger partial charge in [-0.2, -0.15) is 0 Å². The molecular formula is C24H33NO6S. The number of carbonyl (C=O) groups is 1. The second kappa shape index (κ2) is 11.3. The number of rotatable bonds is 13. The Hall–Kier alpha value is -2.58. The molecule has 2 rings (SSSR count). The van der Waals surface area contributed by atoms with Crippen molar-refractivity contribution in [3.05, 3.63) is 53.6 Å². The minimum absolute atomic E-state index is 0.206. The number of sulfonamides is 1. The van der Waals surface area contributed by atoms with E-state index in [2.05, 4.69) is 25.5 Å². The van der Waals surface area contributed by atoms with Crippen molar-refractivity contribution in [1.82, 2.24) is 4.72 Å². The first kappa shape index (κ1) is 25.7. The highest BCUT2D eigenvalue weighted by Gasteiger charge is 2.24. The van der Waals surface area contributed by atoms with Gasteiger partial charge in [0.05, 0.1) is 26.5 Å². The van der Waals surface area contributed by atoms with Crippen LogP contribution in [-0.2, 0) is 20.2 Å². The molecule has 0 unspecified atom stereocenters. The van der Waals surface area contributed by atoms with E-state index in [4.69, 9.17) is 14.2 Å². The first-order chi connectivity index (χ1) is 15.1. The average Bonchev–Trinajstić information content (AvgIpc) is 2.76. The summed E-state index contributed by atoms with van der Waals surface area (Å²) < 4.78 is 41.1. The van der Waals surface area contributed by atoms with Gasteiger partial charge in [-0.05, 0) is 41.8 Å². The Morgan fingerprint density at radius 1 is 1.00 bits per heavy atom. The Morgan fingerprint density at radius 2 is 1.66 bits per heavy atom. The van der Waals surface area contributed by atoms with Gasteiger partial charge >= 0.3 is 0 Å². The molecule has 2 aromatic rings. The van der Waals surface area contributed by atoms with E-state index in [9.17, 15) is 13.2 Å². The lowest BCUT2D eigenvalue weighted by Crippen LogP contribution is -2.31. The van der Waals surface area contributed by atoms with E-state index in [-0.39, 0.29) is 24.3 Å². The predicted octanol–water partition coefficient (Wildman–Crippen LogP) is 3.70. The second-order valence-corrected chi connectivity index (χ2v) is 9.97. The average molecular weight is 464 g/mol. The van der Waals surface area contributed by atoms with Crippen LogP contribution in [0.1, 0.15) is 44.7 Å². The van der Waals surface area contributed by atoms with Crippen LogP contribution < -0.4 is 18.9 Å². The van der Waals surface area contributed by atoms with Crippen LogP contribution in [0.5, 0.6) is 17.2 Å². The minimum Gasteiger partial charge on any atom is -0.493 e. The van der Waals surface area contributed by atoms with Crippen molar-refractivity contribution in [2.75, 3.05) is 33.1 Å². The van der Waals surface area contributed by atoms with E-state index in [1.165, 1.54) is 0 Å². The third kappa shape index (κ3) is 7.53. The van der Waals surface area contributed by atoms with E-state index in [0.717, 1.165) is 36.0 Å². The summed E-state index contributed by atoms with van der Waals surface area (Å²) in [6, 6.07) is 13.5. The van der Waals surface area contributed by atoms with Gasteiger partial charge in [0, 0.05) is 5.41 Å². The van der Waals surface area contributed by atoms with Crippen molar-refractivity contribution >= 4 is 15.8 Å². The van der Waals surface area contributed by atoms with Gasteiger partial charge in [-0.25, -0.2) is 13.1 Å². The summed E-state index contributed by atoms with van der Waals surface area (Å²) in [5.41, 5.74) is 1.84. The van der Waals surface area contributed by atoms with E-state index in [1.807, 2.05) is 30.3 Å². The summed E-state index contributed by atoms with van der Waals surface area (Å²) in [4.78, 5) is 11.8. The van der Waals surface area contributed by atoms with Crippen LogP contribution in [0, 0.1) is 0 Å². The third-order valence-electron chi connectivity index (χ3n) is 5.15. The van der Waals surface area contributed by atoms with E-state index < -0.39 is 10.0 Å². The molecule has 0 aliphatic carbocycles. The highest BCUT2D eigenvalue weighted by molar-refractivity contribution is 7.88. The molecule has 0 fully saturated rings. The van der Waals surface area contributed by atoms with E-state index in [1.54, 1.807) is 19.2 Å². The topological polar surface area (TPSA) is 90.9 Å². The quantitative estimate of drug-likeness (QED) is 0.456. The van der Waals surface area contributed by atoms with Crippen molar-refractivity contribution < 1.29 is 27.4 Å². The summed E-state index contributed by atoms with van der Waals surface area (Å²) in [7, 11) is -1.77. The molecule has 176 valence electrons. The van der Waals surface area contributed by atoms with Crippen LogP contribution in [0.4, 0.5) is 0 Å². The molecule has 0 radical (unpaired) electrons. The summed E-state index contributed by atoms with van der Waals surface area (Å²) in [5.74, 6) is 1.62. The molecule has 0 saturated heterocycles. The number of ketones is 1. The molecule has 0 aliphatic rings. The number of benzene rings is 2. The monoisotopic (exact) mass is 463 g/mol. The summed E-state index contributed by atoms with van der Waals surface area (Å²) in [5, 5.41) is 0. The predicted molar refractivity (Wildman–Crippen MR) is 125 cm³/mol. The maximum absolute atomic E-state index is 11.8. The molecule has 0 aromatic heterocycles. The molecule has 7 nitrogen and oxygen atoms in total. The van der Waals surface area contributed by atoms with Gasteiger partial charge in [0.1, 0.15) is 12.4 Å². The molecule has 0 saturated carbocycles. The van der Waals surface area contributed by atoms with Crippen LogP contribution in [0.15, 0.2) is 42.5 Å². The van der Waals surface area contributed by atoms with Gasteiger partial charge < -0.3 is 14.2 Å². The second-order valence-electron chi connectivity index (χ2n) is 8.14. The fraction of sp³-hybridized carbons (Fsp3) is 0.458. The number of carbonyl (C=O) groups excluding carboxylic acids is 1. The van der Waals surface area contributed by atoms with Crippen molar-refractivity contribution in [2.45, 2.75) is 39.0 Å². The zero-order valence-electron chi connectivity index (χ0n) is 19.4. The molecule has 0 heterocycles. The first-order valence-corrected chi connectivity index (χ1v) is 12.5. The molecule has 0 amide bonds. The summed E-state index contributed by atoms with van der Waals surface area (Å²) >= 11 is 0. The number of ether oxygens (including phenoxy) is 3. The number of hydrogen-bond donors (Lipinski definition) is 1. The Morgan fingerprint density at radius 3 is 2.25 bits per heavy atom. The maximum Gasteiger partial charge on any atom is 0.209 e. The Balaban J connectivity index is 2.06. The molecule has 0 spiro atoms. The van der Waals surface area contributed by atoms with Gasteiger partial charge in [-0.15, -0.1) is 0 Å². The van der Waals surface area contributed by atoms with Crippen molar-refractivity contribution in [3.8, 4) is 17.2 Å². The third-order valence-corrected chi connectivity index (χ3v) is 5.82. The Bertz CT molecular complexity index is 1000. The zero-order chi connectivity index (χ0) is 23.8. The molecule has 1 N–H and O–H groups in total. The fourth-order valence-electron chi connectivity index (χ4n) is 3.06. The van der Waals surface area contributed by atoms with Crippen molar-refractivity contribution in [1.29, 1.82) is 0 Å². The molecular weight excluding hydrogens is 430 g/mol. The van der Waals surface area contributed by atoms with Gasteiger partial charge in [-0.3, -0.25) is 4.79 Å². The van der Waals surface area contributed by atoms with Gasteiger partial charge in [-0.1, -0.05) is 45.4 Å². The van der Waals surface area contributed by atoms with Crippen molar-refractivity contribution in [2.24, 2.45) is 0 Å². The van der Waals surface area contributed by atoms with Crippen LogP contribution >= 0.6 is 0 Å². The van der Waals surface area contributed by atoms with Crippen LogP contribution in [0.25, 0.3) is 0 Å². The van der Waals surface area contributed by atoms with Crippen molar-refractivity contribution in [3.63, 3.8) is 0 Å². The lowest BCUT2D eigenvalue weighted by atomic mass is 9.78. The first-order valence-electron chi connectivity index (χ1n) is 10.6. The van der Waals surface area contributed by atoms with E-state index >= 15 is 0 Å². The fourth-order valence-corrected chi connectivity index (χ4v) is 3.49. The Kier molecular flexibility index (Phi) is 9.09. The zero-order valence-corrected chi connectivity index (χ0v) is 20.3. The molecule has 0 atom stereocenters. The maximum atomic E-state index is 11.8. The molecule has 0 bridgehead atoms.